The summed E-state index contributed by atoms with van der Waals surface area (Å²) in [5, 5.41) is 8.47. The van der Waals surface area contributed by atoms with Crippen LogP contribution in [-0.4, -0.2) is 15.2 Å². The van der Waals surface area contributed by atoms with E-state index in [4.69, 9.17) is 23.2 Å². The minimum absolute atomic E-state index is 0.230. The van der Waals surface area contributed by atoms with Crippen LogP contribution >= 0.6 is 23.2 Å². The van der Waals surface area contributed by atoms with Crippen molar-refractivity contribution in [1.29, 1.82) is 0 Å². The van der Waals surface area contributed by atoms with E-state index in [1.807, 2.05) is 12.1 Å². The molecule has 1 heterocycles. The van der Waals surface area contributed by atoms with Crippen molar-refractivity contribution in [2.24, 2.45) is 0 Å². The molecule has 0 aliphatic heterocycles. The van der Waals surface area contributed by atoms with Crippen molar-refractivity contribution in [3.05, 3.63) is 41.3 Å². The molecular formula is C11H9Cl2N3. The Hall–Kier alpha value is -1.19. The zero-order chi connectivity index (χ0) is 11.5. The molecular weight excluding hydrogens is 245 g/mol. The van der Waals surface area contributed by atoms with Gasteiger partial charge in [0.25, 0.3) is 0 Å². The van der Waals surface area contributed by atoms with Crippen molar-refractivity contribution < 1.29 is 0 Å². The lowest BCUT2D eigenvalue weighted by Crippen LogP contribution is -1.98. The van der Waals surface area contributed by atoms with Crippen LogP contribution < -0.4 is 0 Å². The van der Waals surface area contributed by atoms with Gasteiger partial charge in [0, 0.05) is 10.6 Å². The molecule has 0 unspecified atom stereocenters. The second-order valence-corrected chi connectivity index (χ2v) is 4.42. The average molecular weight is 254 g/mol. The van der Waals surface area contributed by atoms with E-state index in [9.17, 15) is 0 Å². The smallest absolute Gasteiger partial charge is 0.168 e. The first kappa shape index (κ1) is 11.3. The SMILES string of the molecule is C[C@H](Cl)c1ncc(-c2ccc(Cl)cc2)nn1. The quantitative estimate of drug-likeness (QED) is 0.770. The van der Waals surface area contributed by atoms with Gasteiger partial charge >= 0.3 is 0 Å². The third-order valence-corrected chi connectivity index (χ3v) is 2.52. The largest absolute Gasteiger partial charge is 0.236 e. The van der Waals surface area contributed by atoms with Gasteiger partial charge in [-0.3, -0.25) is 0 Å². The van der Waals surface area contributed by atoms with Gasteiger partial charge in [-0.2, -0.15) is 0 Å². The topological polar surface area (TPSA) is 38.7 Å². The van der Waals surface area contributed by atoms with Crippen LogP contribution in [0.1, 0.15) is 18.1 Å². The first-order valence-corrected chi connectivity index (χ1v) is 5.58. The van der Waals surface area contributed by atoms with Crippen molar-refractivity contribution in [3.8, 4) is 11.3 Å². The fourth-order valence-corrected chi connectivity index (χ4v) is 1.45. The molecule has 0 saturated heterocycles. The lowest BCUT2D eigenvalue weighted by Gasteiger charge is -2.02. The van der Waals surface area contributed by atoms with Crippen molar-refractivity contribution in [1.82, 2.24) is 15.2 Å². The first-order valence-electron chi connectivity index (χ1n) is 4.76. The van der Waals surface area contributed by atoms with Gasteiger partial charge in [0.05, 0.1) is 11.6 Å². The third-order valence-electron chi connectivity index (χ3n) is 2.08. The van der Waals surface area contributed by atoms with Gasteiger partial charge in [-0.1, -0.05) is 23.7 Å². The Balaban J connectivity index is 2.31. The van der Waals surface area contributed by atoms with Crippen LogP contribution in [0.4, 0.5) is 0 Å². The second-order valence-electron chi connectivity index (χ2n) is 3.32. The van der Waals surface area contributed by atoms with Crippen LogP contribution in [0.25, 0.3) is 11.3 Å². The third kappa shape index (κ3) is 2.49. The number of hydrogen-bond donors (Lipinski definition) is 0. The summed E-state index contributed by atoms with van der Waals surface area (Å²) in [6.45, 7) is 1.81. The van der Waals surface area contributed by atoms with Gasteiger partial charge in [-0.05, 0) is 19.1 Å². The maximum atomic E-state index is 5.84. The van der Waals surface area contributed by atoms with Crippen molar-refractivity contribution in [2.45, 2.75) is 12.3 Å². The normalized spacial score (nSPS) is 12.4. The van der Waals surface area contributed by atoms with E-state index in [2.05, 4.69) is 15.2 Å². The molecule has 3 nitrogen and oxygen atoms in total. The van der Waals surface area contributed by atoms with Crippen LogP contribution in [0.2, 0.25) is 5.02 Å². The van der Waals surface area contributed by atoms with Gasteiger partial charge in [0.15, 0.2) is 5.82 Å². The fourth-order valence-electron chi connectivity index (χ4n) is 1.22. The summed E-state index contributed by atoms with van der Waals surface area (Å²) in [7, 11) is 0. The molecule has 5 heteroatoms. The number of benzene rings is 1. The molecule has 0 aliphatic carbocycles. The molecule has 2 aromatic rings. The molecule has 16 heavy (non-hydrogen) atoms. The molecule has 0 amide bonds. The Bertz CT molecular complexity index is 466. The molecule has 1 aromatic carbocycles. The Morgan fingerprint density at radius 1 is 1.12 bits per heavy atom. The Labute approximate surface area is 103 Å². The fraction of sp³-hybridized carbons (Fsp3) is 0.182. The van der Waals surface area contributed by atoms with Crippen molar-refractivity contribution in [3.63, 3.8) is 0 Å². The van der Waals surface area contributed by atoms with Gasteiger partial charge < -0.3 is 0 Å². The number of halogens is 2. The summed E-state index contributed by atoms with van der Waals surface area (Å²) < 4.78 is 0. The Kier molecular flexibility index (Phi) is 3.36. The number of alkyl halides is 1. The summed E-state index contributed by atoms with van der Waals surface area (Å²) >= 11 is 11.6. The number of aromatic nitrogens is 3. The molecule has 1 atom stereocenters. The molecule has 0 radical (unpaired) electrons. The highest BCUT2D eigenvalue weighted by atomic mass is 35.5. The lowest BCUT2D eigenvalue weighted by molar-refractivity contribution is 0.834. The van der Waals surface area contributed by atoms with Gasteiger partial charge in [-0.15, -0.1) is 21.8 Å². The van der Waals surface area contributed by atoms with Crippen LogP contribution in [-0.2, 0) is 0 Å². The summed E-state index contributed by atoms with van der Waals surface area (Å²) in [5.41, 5.74) is 1.64. The minimum atomic E-state index is -0.230. The Morgan fingerprint density at radius 3 is 2.31 bits per heavy atom. The second kappa shape index (κ2) is 4.76. The van der Waals surface area contributed by atoms with Crippen LogP contribution in [0.5, 0.6) is 0 Å². The van der Waals surface area contributed by atoms with Crippen molar-refractivity contribution in [2.75, 3.05) is 0 Å². The van der Waals surface area contributed by atoms with Crippen LogP contribution in [0, 0.1) is 0 Å². The first-order chi connectivity index (χ1) is 7.66. The summed E-state index contributed by atoms with van der Waals surface area (Å²) in [4.78, 5) is 4.14. The summed E-state index contributed by atoms with van der Waals surface area (Å²) in [5.74, 6) is 0.527. The minimum Gasteiger partial charge on any atom is -0.236 e. The summed E-state index contributed by atoms with van der Waals surface area (Å²) in [6.07, 6.45) is 1.66. The molecule has 2 rings (SSSR count). The molecule has 0 spiro atoms. The number of nitrogens with zero attached hydrogens (tertiary/aromatic N) is 3. The van der Waals surface area contributed by atoms with Gasteiger partial charge in [0.2, 0.25) is 0 Å². The number of rotatable bonds is 2. The van der Waals surface area contributed by atoms with E-state index in [0.717, 1.165) is 5.56 Å². The highest BCUT2D eigenvalue weighted by Crippen LogP contribution is 2.19. The molecule has 0 bridgehead atoms. The molecule has 0 saturated carbocycles. The number of hydrogen-bond acceptors (Lipinski definition) is 3. The predicted molar refractivity (Wildman–Crippen MR) is 64.5 cm³/mol. The van der Waals surface area contributed by atoms with E-state index in [1.54, 1.807) is 25.3 Å². The standard InChI is InChI=1S/C11H9Cl2N3/c1-7(12)11-14-6-10(15-16-11)8-2-4-9(13)5-3-8/h2-7H,1H3/t7-/m0/s1. The zero-order valence-electron chi connectivity index (χ0n) is 8.56. The van der Waals surface area contributed by atoms with Gasteiger partial charge in [0.1, 0.15) is 5.69 Å². The van der Waals surface area contributed by atoms with Crippen molar-refractivity contribution >= 4 is 23.2 Å². The van der Waals surface area contributed by atoms with E-state index < -0.39 is 0 Å². The molecule has 82 valence electrons. The lowest BCUT2D eigenvalue weighted by atomic mass is 10.2. The highest BCUT2D eigenvalue weighted by Gasteiger charge is 2.06. The summed E-state index contributed by atoms with van der Waals surface area (Å²) in [6, 6.07) is 7.35. The van der Waals surface area contributed by atoms with Gasteiger partial charge in [-0.25, -0.2) is 4.98 Å². The maximum absolute atomic E-state index is 5.84. The van der Waals surface area contributed by atoms with Crippen LogP contribution in [0.15, 0.2) is 30.5 Å². The molecule has 0 N–H and O–H groups in total. The molecule has 0 fully saturated rings. The average Bonchev–Trinajstić information content (AvgIpc) is 2.30. The monoisotopic (exact) mass is 253 g/mol. The Morgan fingerprint density at radius 2 is 1.81 bits per heavy atom. The van der Waals surface area contributed by atoms with Crippen LogP contribution in [0.3, 0.4) is 0 Å². The van der Waals surface area contributed by atoms with E-state index in [0.29, 0.717) is 16.5 Å². The highest BCUT2D eigenvalue weighted by molar-refractivity contribution is 6.30. The van der Waals surface area contributed by atoms with E-state index in [1.165, 1.54) is 0 Å². The molecule has 1 aromatic heterocycles. The van der Waals surface area contributed by atoms with E-state index in [-0.39, 0.29) is 5.38 Å². The maximum Gasteiger partial charge on any atom is 0.168 e. The van der Waals surface area contributed by atoms with E-state index >= 15 is 0 Å². The predicted octanol–water partition coefficient (Wildman–Crippen LogP) is 3.49. The molecule has 0 aliphatic rings. The zero-order valence-corrected chi connectivity index (χ0v) is 10.1.